The summed E-state index contributed by atoms with van der Waals surface area (Å²) in [6.07, 6.45) is 3.74. The zero-order valence-electron chi connectivity index (χ0n) is 8.32. The molecule has 1 aliphatic carbocycles. The van der Waals surface area contributed by atoms with E-state index < -0.39 is 0 Å². The number of anilines is 1. The van der Waals surface area contributed by atoms with Crippen LogP contribution in [0.3, 0.4) is 0 Å². The zero-order chi connectivity index (χ0) is 10.8. The van der Waals surface area contributed by atoms with Gasteiger partial charge in [-0.1, -0.05) is 0 Å². The van der Waals surface area contributed by atoms with E-state index in [1.165, 1.54) is 6.07 Å². The summed E-state index contributed by atoms with van der Waals surface area (Å²) in [4.78, 5) is 10.5. The van der Waals surface area contributed by atoms with Crippen molar-refractivity contribution in [3.05, 3.63) is 33.4 Å². The van der Waals surface area contributed by atoms with Crippen LogP contribution in [0.5, 0.6) is 0 Å². The second-order valence-corrected chi connectivity index (χ2v) is 3.70. The van der Waals surface area contributed by atoms with Crippen LogP contribution >= 0.6 is 0 Å². The first-order chi connectivity index (χ1) is 7.24. The number of hydrogen-bond acceptors (Lipinski definition) is 4. The van der Waals surface area contributed by atoms with Gasteiger partial charge in [-0.25, -0.2) is 0 Å². The number of nitrogens with two attached hydrogens (primary N) is 1. The molecule has 0 spiro atoms. The monoisotopic (exact) mass is 207 g/mol. The molecule has 0 unspecified atom stereocenters. The number of fused-ring (bicyclic) bond motifs is 1. The Bertz CT molecular complexity index is 404. The van der Waals surface area contributed by atoms with Crippen molar-refractivity contribution in [2.24, 2.45) is 5.84 Å². The summed E-state index contributed by atoms with van der Waals surface area (Å²) in [6, 6.07) is 3.21. The lowest BCUT2D eigenvalue weighted by Gasteiger charge is -2.18. The molecular weight excluding hydrogens is 194 g/mol. The van der Waals surface area contributed by atoms with Crippen LogP contribution in [-0.2, 0) is 12.8 Å². The summed E-state index contributed by atoms with van der Waals surface area (Å²) in [5.74, 6) is 5.38. The summed E-state index contributed by atoms with van der Waals surface area (Å²) in [5.41, 5.74) is 5.50. The Morgan fingerprint density at radius 2 is 1.93 bits per heavy atom. The summed E-state index contributed by atoms with van der Waals surface area (Å²) in [6.45, 7) is 0. The molecule has 15 heavy (non-hydrogen) atoms. The quantitative estimate of drug-likeness (QED) is 0.440. The van der Waals surface area contributed by atoms with E-state index in [0.717, 1.165) is 42.5 Å². The van der Waals surface area contributed by atoms with Gasteiger partial charge in [0, 0.05) is 11.6 Å². The molecule has 0 atom stereocenters. The lowest BCUT2D eigenvalue weighted by Crippen LogP contribution is -2.14. The van der Waals surface area contributed by atoms with E-state index in [0.29, 0.717) is 0 Å². The summed E-state index contributed by atoms with van der Waals surface area (Å²) in [5, 5.41) is 10.8. The topological polar surface area (TPSA) is 81.2 Å². The largest absolute Gasteiger partial charge is 0.324 e. The molecule has 1 aliphatic rings. The lowest BCUT2D eigenvalue weighted by molar-refractivity contribution is -0.385. The maximum absolute atomic E-state index is 10.8. The highest BCUT2D eigenvalue weighted by Gasteiger charge is 2.22. The first-order valence-corrected chi connectivity index (χ1v) is 5.00. The van der Waals surface area contributed by atoms with Gasteiger partial charge in [0.05, 0.1) is 10.6 Å². The van der Waals surface area contributed by atoms with Crippen molar-refractivity contribution in [2.75, 3.05) is 5.43 Å². The molecule has 0 heterocycles. The third kappa shape index (κ3) is 1.66. The van der Waals surface area contributed by atoms with Gasteiger partial charge < -0.3 is 5.43 Å². The van der Waals surface area contributed by atoms with E-state index >= 15 is 0 Å². The van der Waals surface area contributed by atoms with Gasteiger partial charge in [0.25, 0.3) is 5.69 Å². The zero-order valence-corrected chi connectivity index (χ0v) is 8.32. The first-order valence-electron chi connectivity index (χ1n) is 5.00. The smallest absolute Gasteiger partial charge is 0.273 e. The molecule has 3 N–H and O–H groups in total. The van der Waals surface area contributed by atoms with Gasteiger partial charge >= 0.3 is 0 Å². The molecule has 0 bridgehead atoms. The third-order valence-electron chi connectivity index (χ3n) is 2.86. The highest BCUT2D eigenvalue weighted by Crippen LogP contribution is 2.34. The number of nitro benzene ring substituents is 1. The predicted octanol–water partition coefficient (Wildman–Crippen LogP) is 1.76. The average Bonchev–Trinajstić information content (AvgIpc) is 2.27. The van der Waals surface area contributed by atoms with Crippen LogP contribution in [0.25, 0.3) is 0 Å². The fraction of sp³-hybridized carbons (Fsp3) is 0.400. The average molecular weight is 207 g/mol. The number of nitrogens with zero attached hydrogens (tertiary/aromatic N) is 1. The van der Waals surface area contributed by atoms with Gasteiger partial charge in [0.1, 0.15) is 0 Å². The van der Waals surface area contributed by atoms with Crippen molar-refractivity contribution in [1.29, 1.82) is 0 Å². The highest BCUT2D eigenvalue weighted by atomic mass is 16.6. The van der Waals surface area contributed by atoms with Crippen molar-refractivity contribution in [2.45, 2.75) is 25.7 Å². The van der Waals surface area contributed by atoms with E-state index in [4.69, 9.17) is 5.84 Å². The number of nitrogen functional groups attached to an aromatic ring is 1. The van der Waals surface area contributed by atoms with Crippen LogP contribution in [0, 0.1) is 10.1 Å². The van der Waals surface area contributed by atoms with Gasteiger partial charge in [-0.3, -0.25) is 16.0 Å². The van der Waals surface area contributed by atoms with Crippen LogP contribution in [0.1, 0.15) is 24.0 Å². The lowest BCUT2D eigenvalue weighted by atomic mass is 9.89. The molecule has 0 radical (unpaired) electrons. The molecule has 0 fully saturated rings. The number of nitro groups is 1. The van der Waals surface area contributed by atoms with Crippen LogP contribution in [-0.4, -0.2) is 4.92 Å². The minimum absolute atomic E-state index is 0.226. The summed E-state index contributed by atoms with van der Waals surface area (Å²) >= 11 is 0. The molecular formula is C10H13N3O2. The van der Waals surface area contributed by atoms with Gasteiger partial charge in [-0.05, 0) is 37.3 Å². The van der Waals surface area contributed by atoms with Crippen LogP contribution in [0.2, 0.25) is 0 Å². The second-order valence-electron chi connectivity index (χ2n) is 3.70. The molecule has 0 saturated carbocycles. The molecule has 1 aromatic rings. The Labute approximate surface area is 87.4 Å². The SMILES string of the molecule is NNc1ccc([N+](=O)[O-])c2c1CCCC2. The molecule has 0 saturated heterocycles. The van der Waals surface area contributed by atoms with Crippen molar-refractivity contribution >= 4 is 11.4 Å². The van der Waals surface area contributed by atoms with Gasteiger partial charge in [0.2, 0.25) is 0 Å². The first kappa shape index (κ1) is 9.92. The molecule has 5 nitrogen and oxygen atoms in total. The van der Waals surface area contributed by atoms with E-state index in [1.54, 1.807) is 6.07 Å². The van der Waals surface area contributed by atoms with Gasteiger partial charge in [0.15, 0.2) is 0 Å². The van der Waals surface area contributed by atoms with E-state index in [1.807, 2.05) is 0 Å². The molecule has 0 amide bonds. The van der Waals surface area contributed by atoms with Crippen molar-refractivity contribution in [3.8, 4) is 0 Å². The minimum Gasteiger partial charge on any atom is -0.324 e. The molecule has 2 rings (SSSR count). The maximum Gasteiger partial charge on any atom is 0.273 e. The Morgan fingerprint density at radius 3 is 2.53 bits per heavy atom. The molecule has 0 aliphatic heterocycles. The van der Waals surface area contributed by atoms with E-state index in [2.05, 4.69) is 5.43 Å². The van der Waals surface area contributed by atoms with Crippen LogP contribution < -0.4 is 11.3 Å². The molecule has 1 aromatic carbocycles. The second kappa shape index (κ2) is 3.86. The van der Waals surface area contributed by atoms with Gasteiger partial charge in [-0.2, -0.15) is 0 Å². The Balaban J connectivity index is 2.57. The van der Waals surface area contributed by atoms with E-state index in [9.17, 15) is 10.1 Å². The number of hydrazine groups is 1. The van der Waals surface area contributed by atoms with Crippen LogP contribution in [0.15, 0.2) is 12.1 Å². The fourth-order valence-corrected chi connectivity index (χ4v) is 2.15. The Kier molecular flexibility index (Phi) is 2.55. The normalized spacial score (nSPS) is 14.5. The standard InChI is InChI=1S/C10H13N3O2/c11-12-9-5-6-10(13(14)15)8-4-2-1-3-7(8)9/h5-6,12H,1-4,11H2. The van der Waals surface area contributed by atoms with E-state index in [-0.39, 0.29) is 10.6 Å². The summed E-state index contributed by atoms with van der Waals surface area (Å²) in [7, 11) is 0. The van der Waals surface area contributed by atoms with Gasteiger partial charge in [-0.15, -0.1) is 0 Å². The molecule has 80 valence electrons. The summed E-state index contributed by atoms with van der Waals surface area (Å²) < 4.78 is 0. The van der Waals surface area contributed by atoms with Crippen molar-refractivity contribution in [3.63, 3.8) is 0 Å². The highest BCUT2D eigenvalue weighted by molar-refractivity contribution is 5.61. The third-order valence-corrected chi connectivity index (χ3v) is 2.86. The van der Waals surface area contributed by atoms with Crippen molar-refractivity contribution in [1.82, 2.24) is 0 Å². The minimum atomic E-state index is -0.315. The predicted molar refractivity (Wildman–Crippen MR) is 57.5 cm³/mol. The Morgan fingerprint density at radius 1 is 1.27 bits per heavy atom. The fourth-order valence-electron chi connectivity index (χ4n) is 2.15. The van der Waals surface area contributed by atoms with Crippen molar-refractivity contribution < 1.29 is 4.92 Å². The maximum atomic E-state index is 10.8. The molecule has 0 aromatic heterocycles. The number of hydrogen-bond donors (Lipinski definition) is 2. The molecule has 5 heteroatoms. The Hall–Kier alpha value is -1.62. The number of benzene rings is 1. The van der Waals surface area contributed by atoms with Crippen LogP contribution in [0.4, 0.5) is 11.4 Å². The number of rotatable bonds is 2. The number of nitrogens with one attached hydrogen (secondary N) is 1.